The molecule has 0 aromatic heterocycles. The second-order valence-electron chi connectivity index (χ2n) is 5.25. The molecule has 0 amide bonds. The average Bonchev–Trinajstić information content (AvgIpc) is 2.30. The fourth-order valence-corrected chi connectivity index (χ4v) is 1.61. The zero-order valence-electron chi connectivity index (χ0n) is 9.10. The van der Waals surface area contributed by atoms with E-state index in [4.69, 9.17) is 0 Å². The third kappa shape index (κ3) is 1.62. The maximum absolute atomic E-state index is 4.26. The summed E-state index contributed by atoms with van der Waals surface area (Å²) in [7, 11) is 1.87. The molecule has 0 saturated carbocycles. The van der Waals surface area contributed by atoms with E-state index in [1.165, 1.54) is 5.84 Å². The van der Waals surface area contributed by atoms with E-state index in [1.807, 2.05) is 7.05 Å². The zero-order chi connectivity index (χ0) is 9.57. The molecule has 1 aliphatic rings. The molecular weight excluding hydrogens is 148 g/mol. The van der Waals surface area contributed by atoms with E-state index in [0.717, 1.165) is 6.54 Å². The molecular formula is C10H20N2. The molecule has 0 aliphatic carbocycles. The van der Waals surface area contributed by atoms with Crippen LogP contribution in [-0.2, 0) is 0 Å². The highest BCUT2D eigenvalue weighted by Crippen LogP contribution is 2.37. The SMILES string of the molecule is CN=C1N(CC(C)(C)C)C1(C)C. The van der Waals surface area contributed by atoms with Gasteiger partial charge in [-0.1, -0.05) is 20.8 Å². The Balaban J connectivity index is 2.60. The molecule has 1 rings (SSSR count). The van der Waals surface area contributed by atoms with Gasteiger partial charge in [-0.2, -0.15) is 0 Å². The molecule has 1 heterocycles. The van der Waals surface area contributed by atoms with Crippen molar-refractivity contribution in [2.75, 3.05) is 13.6 Å². The van der Waals surface area contributed by atoms with Gasteiger partial charge in [0.25, 0.3) is 0 Å². The fraction of sp³-hybridized carbons (Fsp3) is 0.900. The number of aliphatic imine (C=N–C) groups is 1. The molecule has 1 aliphatic heterocycles. The van der Waals surface area contributed by atoms with E-state index in [-0.39, 0.29) is 5.54 Å². The van der Waals surface area contributed by atoms with Crippen LogP contribution in [0, 0.1) is 5.41 Å². The van der Waals surface area contributed by atoms with Crippen LogP contribution in [0.1, 0.15) is 34.6 Å². The van der Waals surface area contributed by atoms with Crippen LogP contribution in [0.5, 0.6) is 0 Å². The number of hydrogen-bond acceptors (Lipinski definition) is 1. The molecule has 0 N–H and O–H groups in total. The van der Waals surface area contributed by atoms with Gasteiger partial charge < -0.3 is 4.90 Å². The van der Waals surface area contributed by atoms with Crippen molar-refractivity contribution in [3.05, 3.63) is 0 Å². The van der Waals surface area contributed by atoms with Crippen LogP contribution in [-0.4, -0.2) is 29.9 Å². The Morgan fingerprint density at radius 3 is 2.08 bits per heavy atom. The molecule has 0 unspecified atom stereocenters. The van der Waals surface area contributed by atoms with Crippen molar-refractivity contribution in [1.82, 2.24) is 4.90 Å². The first-order chi connectivity index (χ1) is 5.29. The minimum absolute atomic E-state index is 0.224. The lowest BCUT2D eigenvalue weighted by atomic mass is 9.97. The molecule has 0 atom stereocenters. The molecule has 1 saturated heterocycles. The van der Waals surface area contributed by atoms with Gasteiger partial charge in [0.2, 0.25) is 0 Å². The second kappa shape index (κ2) is 2.48. The molecule has 0 aromatic carbocycles. The Morgan fingerprint density at radius 2 is 1.83 bits per heavy atom. The van der Waals surface area contributed by atoms with E-state index in [0.29, 0.717) is 5.41 Å². The molecule has 70 valence electrons. The van der Waals surface area contributed by atoms with Crippen LogP contribution in [0.4, 0.5) is 0 Å². The van der Waals surface area contributed by atoms with Crippen LogP contribution >= 0.6 is 0 Å². The number of amidine groups is 1. The lowest BCUT2D eigenvalue weighted by molar-refractivity contribution is 0.298. The van der Waals surface area contributed by atoms with Crippen LogP contribution in [0.2, 0.25) is 0 Å². The first-order valence-corrected chi connectivity index (χ1v) is 4.54. The summed E-state index contributed by atoms with van der Waals surface area (Å²) in [6.45, 7) is 12.3. The monoisotopic (exact) mass is 168 g/mol. The smallest absolute Gasteiger partial charge is 0.125 e. The van der Waals surface area contributed by atoms with Crippen molar-refractivity contribution in [2.45, 2.75) is 40.2 Å². The minimum Gasteiger partial charge on any atom is -0.346 e. The van der Waals surface area contributed by atoms with Crippen LogP contribution in [0.3, 0.4) is 0 Å². The quantitative estimate of drug-likeness (QED) is 0.548. The Kier molecular flexibility index (Phi) is 1.97. The van der Waals surface area contributed by atoms with E-state index in [2.05, 4.69) is 44.5 Å². The van der Waals surface area contributed by atoms with Crippen molar-refractivity contribution in [1.29, 1.82) is 0 Å². The molecule has 12 heavy (non-hydrogen) atoms. The third-order valence-electron chi connectivity index (χ3n) is 2.27. The summed E-state index contributed by atoms with van der Waals surface area (Å²) < 4.78 is 0. The predicted octanol–water partition coefficient (Wildman–Crippen LogP) is 2.16. The Hall–Kier alpha value is -0.530. The summed E-state index contributed by atoms with van der Waals surface area (Å²) in [4.78, 5) is 6.63. The standard InChI is InChI=1S/C10H20N2/c1-9(2,3)7-12-8(11-6)10(12,4)5/h7H2,1-6H3. The lowest BCUT2D eigenvalue weighted by Crippen LogP contribution is -2.22. The van der Waals surface area contributed by atoms with Gasteiger partial charge in [0, 0.05) is 13.6 Å². The maximum atomic E-state index is 4.26. The molecule has 2 heteroatoms. The topological polar surface area (TPSA) is 15.4 Å². The van der Waals surface area contributed by atoms with Crippen LogP contribution in [0.15, 0.2) is 4.99 Å². The summed E-state index contributed by atoms with van der Waals surface area (Å²) >= 11 is 0. The van der Waals surface area contributed by atoms with Gasteiger partial charge in [-0.05, 0) is 19.3 Å². The van der Waals surface area contributed by atoms with Gasteiger partial charge in [-0.15, -0.1) is 0 Å². The molecule has 1 fully saturated rings. The summed E-state index contributed by atoms with van der Waals surface area (Å²) in [6, 6.07) is 0. The highest BCUT2D eigenvalue weighted by atomic mass is 15.4. The van der Waals surface area contributed by atoms with E-state index in [1.54, 1.807) is 0 Å². The average molecular weight is 168 g/mol. The fourth-order valence-electron chi connectivity index (χ4n) is 1.61. The van der Waals surface area contributed by atoms with Crippen molar-refractivity contribution in [2.24, 2.45) is 10.4 Å². The van der Waals surface area contributed by atoms with Crippen molar-refractivity contribution >= 4 is 5.84 Å². The Labute approximate surface area is 75.7 Å². The zero-order valence-corrected chi connectivity index (χ0v) is 9.10. The predicted molar refractivity (Wildman–Crippen MR) is 53.6 cm³/mol. The van der Waals surface area contributed by atoms with Gasteiger partial charge >= 0.3 is 0 Å². The van der Waals surface area contributed by atoms with Gasteiger partial charge in [0.05, 0.1) is 5.54 Å². The largest absolute Gasteiger partial charge is 0.346 e. The molecule has 0 aromatic rings. The summed E-state index contributed by atoms with van der Waals surface area (Å²) in [5.74, 6) is 1.25. The van der Waals surface area contributed by atoms with Gasteiger partial charge in [0.15, 0.2) is 0 Å². The molecule has 2 nitrogen and oxygen atoms in total. The van der Waals surface area contributed by atoms with Crippen molar-refractivity contribution in [3.8, 4) is 0 Å². The number of rotatable bonds is 1. The lowest BCUT2D eigenvalue weighted by Gasteiger charge is -2.20. The third-order valence-corrected chi connectivity index (χ3v) is 2.27. The summed E-state index contributed by atoms with van der Waals surface area (Å²) in [6.07, 6.45) is 0. The van der Waals surface area contributed by atoms with E-state index < -0.39 is 0 Å². The van der Waals surface area contributed by atoms with Gasteiger partial charge in [-0.3, -0.25) is 4.99 Å². The van der Waals surface area contributed by atoms with Gasteiger partial charge in [-0.25, -0.2) is 0 Å². The first-order valence-electron chi connectivity index (χ1n) is 4.54. The molecule has 0 spiro atoms. The highest BCUT2D eigenvalue weighted by Gasteiger charge is 2.51. The Bertz CT molecular complexity index is 208. The number of hydrogen-bond donors (Lipinski definition) is 0. The van der Waals surface area contributed by atoms with Gasteiger partial charge in [0.1, 0.15) is 5.84 Å². The van der Waals surface area contributed by atoms with Crippen molar-refractivity contribution < 1.29 is 0 Å². The maximum Gasteiger partial charge on any atom is 0.125 e. The van der Waals surface area contributed by atoms with Crippen LogP contribution < -0.4 is 0 Å². The van der Waals surface area contributed by atoms with Crippen molar-refractivity contribution in [3.63, 3.8) is 0 Å². The van der Waals surface area contributed by atoms with E-state index >= 15 is 0 Å². The van der Waals surface area contributed by atoms with Crippen LogP contribution in [0.25, 0.3) is 0 Å². The van der Waals surface area contributed by atoms with E-state index in [9.17, 15) is 0 Å². The Morgan fingerprint density at radius 1 is 1.33 bits per heavy atom. The molecule has 0 bridgehead atoms. The summed E-state index contributed by atoms with van der Waals surface area (Å²) in [5, 5.41) is 0. The summed E-state index contributed by atoms with van der Waals surface area (Å²) in [5.41, 5.74) is 0.589. The minimum atomic E-state index is 0.224. The first kappa shape index (κ1) is 9.56. The highest BCUT2D eigenvalue weighted by molar-refractivity contribution is 6.05. The number of nitrogens with zero attached hydrogens (tertiary/aromatic N) is 2. The second-order valence-corrected chi connectivity index (χ2v) is 5.25. The molecule has 0 radical (unpaired) electrons. The normalized spacial score (nSPS) is 24.8.